The Kier molecular flexibility index (Phi) is 2.39. The predicted octanol–water partition coefficient (Wildman–Crippen LogP) is 0.495. The van der Waals surface area contributed by atoms with Gasteiger partial charge in [0.25, 0.3) is 0 Å². The summed E-state index contributed by atoms with van der Waals surface area (Å²) in [6, 6.07) is 0. The van der Waals surface area contributed by atoms with Crippen LogP contribution >= 0.6 is 0 Å². The van der Waals surface area contributed by atoms with Crippen LogP contribution in [0.15, 0.2) is 23.3 Å². The second kappa shape index (κ2) is 3.49. The predicted molar refractivity (Wildman–Crippen MR) is 55.7 cm³/mol. The second-order valence-electron chi connectivity index (χ2n) is 4.28. The van der Waals surface area contributed by atoms with Gasteiger partial charge in [-0.05, 0) is 31.9 Å². The summed E-state index contributed by atoms with van der Waals surface area (Å²) in [7, 11) is 0. The lowest BCUT2D eigenvalue weighted by molar-refractivity contribution is -0.136. The molecule has 0 aliphatic heterocycles. The third-order valence-corrected chi connectivity index (χ3v) is 3.26. The van der Waals surface area contributed by atoms with E-state index in [0.29, 0.717) is 17.6 Å². The molecule has 4 heteroatoms. The fourth-order valence-electron chi connectivity index (χ4n) is 2.13. The van der Waals surface area contributed by atoms with Crippen LogP contribution in [0, 0.1) is 0 Å². The van der Waals surface area contributed by atoms with E-state index in [-0.39, 0.29) is 30.2 Å². The van der Waals surface area contributed by atoms with Gasteiger partial charge in [-0.3, -0.25) is 14.4 Å². The highest BCUT2D eigenvalue weighted by atomic mass is 16.3. The lowest BCUT2D eigenvalue weighted by Gasteiger charge is -2.32. The third kappa shape index (κ3) is 1.55. The Balaban J connectivity index is 2.39. The summed E-state index contributed by atoms with van der Waals surface area (Å²) in [6.07, 6.45) is 2.92. The van der Waals surface area contributed by atoms with E-state index in [1.165, 1.54) is 19.1 Å². The van der Waals surface area contributed by atoms with E-state index in [9.17, 15) is 19.5 Å². The monoisotopic (exact) mass is 220 g/mol. The lowest BCUT2D eigenvalue weighted by Crippen LogP contribution is -2.42. The Labute approximate surface area is 92.6 Å². The van der Waals surface area contributed by atoms with Crippen molar-refractivity contribution >= 4 is 17.3 Å². The van der Waals surface area contributed by atoms with Gasteiger partial charge >= 0.3 is 0 Å². The molecule has 0 spiro atoms. The Hall–Kier alpha value is -1.55. The zero-order chi connectivity index (χ0) is 11.9. The molecule has 0 aromatic rings. The van der Waals surface area contributed by atoms with Crippen LogP contribution in [0.5, 0.6) is 0 Å². The summed E-state index contributed by atoms with van der Waals surface area (Å²) in [6.45, 7) is 1.30. The molecular formula is C12H12O4. The van der Waals surface area contributed by atoms with Crippen LogP contribution in [0.1, 0.15) is 26.2 Å². The largest absolute Gasteiger partial charge is 0.382 e. The van der Waals surface area contributed by atoms with Gasteiger partial charge in [0, 0.05) is 17.6 Å². The zero-order valence-corrected chi connectivity index (χ0v) is 8.95. The molecule has 84 valence electrons. The molecule has 2 aliphatic rings. The molecule has 0 aromatic carbocycles. The van der Waals surface area contributed by atoms with E-state index in [0.717, 1.165) is 0 Å². The molecule has 1 unspecified atom stereocenters. The number of Topliss-reactive ketones (excluding diaryl/α,β-unsaturated/α-hetero) is 1. The molecule has 1 N–H and O–H groups in total. The van der Waals surface area contributed by atoms with Gasteiger partial charge in [0.05, 0.1) is 0 Å². The van der Waals surface area contributed by atoms with E-state index >= 15 is 0 Å². The number of aliphatic hydroxyl groups is 1. The maximum atomic E-state index is 11.6. The number of allylic oxidation sites excluding steroid dienone is 3. The van der Waals surface area contributed by atoms with Crippen molar-refractivity contribution in [2.75, 3.05) is 0 Å². The molecule has 0 bridgehead atoms. The number of ketones is 3. The van der Waals surface area contributed by atoms with Crippen molar-refractivity contribution in [1.82, 2.24) is 0 Å². The molecule has 1 atom stereocenters. The fraction of sp³-hybridized carbons (Fsp3) is 0.417. The first-order chi connectivity index (χ1) is 7.44. The van der Waals surface area contributed by atoms with Gasteiger partial charge in [0.1, 0.15) is 5.60 Å². The molecular weight excluding hydrogens is 208 g/mol. The first-order valence-electron chi connectivity index (χ1n) is 5.16. The Morgan fingerprint density at radius 2 is 1.81 bits per heavy atom. The highest BCUT2D eigenvalue weighted by Gasteiger charge is 2.41. The molecule has 0 amide bonds. The summed E-state index contributed by atoms with van der Waals surface area (Å²) in [5.41, 5.74) is -0.713. The van der Waals surface area contributed by atoms with Gasteiger partial charge < -0.3 is 5.11 Å². The summed E-state index contributed by atoms with van der Waals surface area (Å²) in [4.78, 5) is 34.4. The molecule has 0 heterocycles. The Bertz CT molecular complexity index is 456. The summed E-state index contributed by atoms with van der Waals surface area (Å²) in [5, 5.41) is 10.0. The number of carbonyl (C=O) groups is 3. The normalized spacial score (nSPS) is 29.4. The molecule has 0 saturated carbocycles. The van der Waals surface area contributed by atoms with Crippen LogP contribution in [-0.4, -0.2) is 28.1 Å². The minimum Gasteiger partial charge on any atom is -0.382 e. The molecule has 0 aromatic heterocycles. The van der Waals surface area contributed by atoms with Crippen molar-refractivity contribution in [2.45, 2.75) is 31.8 Å². The summed E-state index contributed by atoms with van der Waals surface area (Å²) < 4.78 is 0. The van der Waals surface area contributed by atoms with Crippen LogP contribution in [0.25, 0.3) is 0 Å². The van der Waals surface area contributed by atoms with E-state index in [1.54, 1.807) is 0 Å². The van der Waals surface area contributed by atoms with E-state index in [2.05, 4.69) is 0 Å². The zero-order valence-electron chi connectivity index (χ0n) is 8.95. The standard InChI is InChI=1S/C12H12O4/c1-7(13)12(16)5-4-8-9(6-12)11(15)3-2-10(8)14/h2-3,16H,4-6H2,1H3. The minimum absolute atomic E-state index is 0.0351. The van der Waals surface area contributed by atoms with Crippen LogP contribution in [-0.2, 0) is 14.4 Å². The van der Waals surface area contributed by atoms with E-state index in [4.69, 9.17) is 0 Å². The van der Waals surface area contributed by atoms with Gasteiger partial charge in [-0.25, -0.2) is 0 Å². The highest BCUT2D eigenvalue weighted by Crippen LogP contribution is 2.36. The molecule has 2 aliphatic carbocycles. The van der Waals surface area contributed by atoms with Crippen molar-refractivity contribution < 1.29 is 19.5 Å². The lowest BCUT2D eigenvalue weighted by atomic mass is 9.74. The molecule has 2 rings (SSSR count). The maximum Gasteiger partial charge on any atom is 0.182 e. The molecule has 0 radical (unpaired) electrons. The van der Waals surface area contributed by atoms with Gasteiger partial charge in [-0.1, -0.05) is 0 Å². The quantitative estimate of drug-likeness (QED) is 0.653. The van der Waals surface area contributed by atoms with Gasteiger partial charge in [-0.15, -0.1) is 0 Å². The maximum absolute atomic E-state index is 11.6. The highest BCUT2D eigenvalue weighted by molar-refractivity contribution is 6.20. The van der Waals surface area contributed by atoms with Crippen molar-refractivity contribution in [2.24, 2.45) is 0 Å². The number of rotatable bonds is 1. The fourth-order valence-corrected chi connectivity index (χ4v) is 2.13. The van der Waals surface area contributed by atoms with Crippen LogP contribution in [0.2, 0.25) is 0 Å². The van der Waals surface area contributed by atoms with E-state index < -0.39 is 5.60 Å². The Morgan fingerprint density at radius 1 is 1.25 bits per heavy atom. The SMILES string of the molecule is CC(=O)C1(O)CCC2=C(C1)C(=O)C=CC2=O. The topological polar surface area (TPSA) is 71.4 Å². The first kappa shape index (κ1) is 11.0. The van der Waals surface area contributed by atoms with Crippen molar-refractivity contribution in [3.63, 3.8) is 0 Å². The van der Waals surface area contributed by atoms with Gasteiger partial charge in [0.15, 0.2) is 17.3 Å². The molecule has 0 fully saturated rings. The minimum atomic E-state index is -1.47. The number of hydrogen-bond acceptors (Lipinski definition) is 4. The smallest absolute Gasteiger partial charge is 0.182 e. The van der Waals surface area contributed by atoms with Gasteiger partial charge in [0.2, 0.25) is 0 Å². The van der Waals surface area contributed by atoms with Crippen molar-refractivity contribution in [3.8, 4) is 0 Å². The number of carbonyl (C=O) groups excluding carboxylic acids is 3. The summed E-state index contributed by atoms with van der Waals surface area (Å²) in [5.74, 6) is -0.803. The average Bonchev–Trinajstić information content (AvgIpc) is 2.23. The van der Waals surface area contributed by atoms with Crippen LogP contribution < -0.4 is 0 Å². The summed E-state index contributed by atoms with van der Waals surface area (Å²) >= 11 is 0. The molecule has 0 saturated heterocycles. The van der Waals surface area contributed by atoms with Crippen LogP contribution in [0.4, 0.5) is 0 Å². The first-order valence-corrected chi connectivity index (χ1v) is 5.16. The molecule has 16 heavy (non-hydrogen) atoms. The Morgan fingerprint density at radius 3 is 2.38 bits per heavy atom. The average molecular weight is 220 g/mol. The third-order valence-electron chi connectivity index (χ3n) is 3.26. The second-order valence-corrected chi connectivity index (χ2v) is 4.28. The number of hydrogen-bond donors (Lipinski definition) is 1. The molecule has 4 nitrogen and oxygen atoms in total. The van der Waals surface area contributed by atoms with Crippen LogP contribution in [0.3, 0.4) is 0 Å². The van der Waals surface area contributed by atoms with Crippen molar-refractivity contribution in [3.05, 3.63) is 23.3 Å². The van der Waals surface area contributed by atoms with Crippen molar-refractivity contribution in [1.29, 1.82) is 0 Å². The van der Waals surface area contributed by atoms with Gasteiger partial charge in [-0.2, -0.15) is 0 Å². The van der Waals surface area contributed by atoms with E-state index in [1.807, 2.05) is 0 Å².